The molecule has 0 aliphatic carbocycles. The van der Waals surface area contributed by atoms with Gasteiger partial charge in [-0.15, -0.1) is 24.0 Å². The first-order valence-corrected chi connectivity index (χ1v) is 10.9. The molecule has 0 amide bonds. The summed E-state index contributed by atoms with van der Waals surface area (Å²) in [6.07, 6.45) is 5.60. The lowest BCUT2D eigenvalue weighted by molar-refractivity contribution is -0.0432. The van der Waals surface area contributed by atoms with Crippen molar-refractivity contribution in [2.24, 2.45) is 4.99 Å². The number of aliphatic imine (C=N–C) groups is 1. The molecule has 0 aromatic carbocycles. The third-order valence-corrected chi connectivity index (χ3v) is 6.12. The highest BCUT2D eigenvalue weighted by molar-refractivity contribution is 14.0. The van der Waals surface area contributed by atoms with E-state index in [-0.39, 0.29) is 30.1 Å². The Labute approximate surface area is 195 Å². The second-order valence-electron chi connectivity index (χ2n) is 7.85. The van der Waals surface area contributed by atoms with Gasteiger partial charge in [0.05, 0.1) is 24.3 Å². The van der Waals surface area contributed by atoms with Crippen molar-refractivity contribution in [3.63, 3.8) is 0 Å². The highest BCUT2D eigenvalue weighted by atomic mass is 127. The number of halogens is 2. The van der Waals surface area contributed by atoms with Gasteiger partial charge in [-0.2, -0.15) is 0 Å². The number of guanidine groups is 1. The molecule has 3 aliphatic rings. The third kappa shape index (κ3) is 5.86. The van der Waals surface area contributed by atoms with Crippen LogP contribution in [0, 0.1) is 0 Å². The smallest absolute Gasteiger partial charge is 0.191 e. The average molecular weight is 535 g/mol. The maximum Gasteiger partial charge on any atom is 0.191 e. The van der Waals surface area contributed by atoms with Crippen molar-refractivity contribution in [1.82, 2.24) is 20.5 Å². The Morgan fingerprint density at radius 2 is 2.24 bits per heavy atom. The predicted molar refractivity (Wildman–Crippen MR) is 129 cm³/mol. The van der Waals surface area contributed by atoms with E-state index in [0.29, 0.717) is 23.7 Å². The Morgan fingerprint density at radius 1 is 1.34 bits per heavy atom. The second kappa shape index (κ2) is 11.0. The van der Waals surface area contributed by atoms with E-state index in [9.17, 15) is 0 Å². The fourth-order valence-corrected chi connectivity index (χ4v) is 4.62. The molecule has 3 atom stereocenters. The lowest BCUT2D eigenvalue weighted by atomic mass is 10.2. The minimum Gasteiger partial charge on any atom is -0.373 e. The molecule has 1 aromatic rings. The molecule has 2 N–H and O–H groups in total. The summed E-state index contributed by atoms with van der Waals surface area (Å²) in [6, 6.07) is 4.72. The van der Waals surface area contributed by atoms with Gasteiger partial charge in [0.15, 0.2) is 5.96 Å². The number of morpholine rings is 1. The van der Waals surface area contributed by atoms with Gasteiger partial charge in [0.1, 0.15) is 5.82 Å². The number of nitrogens with zero attached hydrogens (tertiary/aromatic N) is 4. The van der Waals surface area contributed by atoms with Crippen molar-refractivity contribution in [3.05, 3.63) is 23.4 Å². The van der Waals surface area contributed by atoms with Gasteiger partial charge in [-0.1, -0.05) is 11.6 Å². The van der Waals surface area contributed by atoms with Crippen LogP contribution >= 0.6 is 35.6 Å². The Kier molecular flexibility index (Phi) is 8.64. The van der Waals surface area contributed by atoms with Gasteiger partial charge in [0.2, 0.25) is 0 Å². The fraction of sp³-hybridized carbons (Fsp3) is 0.700. The van der Waals surface area contributed by atoms with E-state index in [1.807, 2.05) is 12.1 Å². The summed E-state index contributed by atoms with van der Waals surface area (Å²) in [7, 11) is 0. The van der Waals surface area contributed by atoms with E-state index in [2.05, 4.69) is 32.3 Å². The van der Waals surface area contributed by atoms with Crippen LogP contribution in [0.2, 0.25) is 5.02 Å². The van der Waals surface area contributed by atoms with E-state index >= 15 is 0 Å². The lowest BCUT2D eigenvalue weighted by Gasteiger charge is -2.34. The van der Waals surface area contributed by atoms with Gasteiger partial charge in [0.25, 0.3) is 0 Å². The Balaban J connectivity index is 0.00000240. The number of hydrogen-bond acceptors (Lipinski definition) is 5. The van der Waals surface area contributed by atoms with Crippen molar-refractivity contribution >= 4 is 47.4 Å². The SMILES string of the molecule is CCNC(=NCC1CN2CCCC2CO1)NC1CCN(c2ncccc2Cl)C1.I. The maximum absolute atomic E-state index is 6.30. The van der Waals surface area contributed by atoms with Gasteiger partial charge in [-0.3, -0.25) is 9.89 Å². The topological polar surface area (TPSA) is 65.0 Å². The Morgan fingerprint density at radius 3 is 3.07 bits per heavy atom. The molecule has 4 heterocycles. The van der Waals surface area contributed by atoms with Gasteiger partial charge in [-0.05, 0) is 44.9 Å². The minimum atomic E-state index is 0. The number of rotatable bonds is 5. The van der Waals surface area contributed by atoms with E-state index in [1.54, 1.807) is 6.20 Å². The number of anilines is 1. The first kappa shape index (κ1) is 22.8. The van der Waals surface area contributed by atoms with Gasteiger partial charge < -0.3 is 20.3 Å². The summed E-state index contributed by atoms with van der Waals surface area (Å²) in [6.45, 7) is 8.51. The number of nitrogens with one attached hydrogen (secondary N) is 2. The largest absolute Gasteiger partial charge is 0.373 e. The van der Waals surface area contributed by atoms with Crippen LogP contribution in [0.1, 0.15) is 26.2 Å². The molecule has 162 valence electrons. The fourth-order valence-electron chi connectivity index (χ4n) is 4.38. The zero-order chi connectivity index (χ0) is 19.3. The number of aromatic nitrogens is 1. The van der Waals surface area contributed by atoms with E-state index < -0.39 is 0 Å². The molecule has 0 radical (unpaired) electrons. The summed E-state index contributed by atoms with van der Waals surface area (Å²) < 4.78 is 6.04. The van der Waals surface area contributed by atoms with Crippen molar-refractivity contribution < 1.29 is 4.74 Å². The summed E-state index contributed by atoms with van der Waals surface area (Å²) in [5.41, 5.74) is 0. The summed E-state index contributed by atoms with van der Waals surface area (Å²) in [4.78, 5) is 14.0. The molecule has 3 unspecified atom stereocenters. The minimum absolute atomic E-state index is 0. The Hall–Kier alpha value is -0.840. The summed E-state index contributed by atoms with van der Waals surface area (Å²) >= 11 is 6.30. The molecule has 0 bridgehead atoms. The zero-order valence-corrected chi connectivity index (χ0v) is 20.1. The Bertz CT molecular complexity index is 693. The van der Waals surface area contributed by atoms with Crippen molar-refractivity contribution in [2.75, 3.05) is 50.8 Å². The summed E-state index contributed by atoms with van der Waals surface area (Å²) in [5.74, 6) is 1.74. The van der Waals surface area contributed by atoms with E-state index in [4.69, 9.17) is 21.3 Å². The molecule has 29 heavy (non-hydrogen) atoms. The highest BCUT2D eigenvalue weighted by Crippen LogP contribution is 2.26. The van der Waals surface area contributed by atoms with Crippen molar-refractivity contribution in [3.8, 4) is 0 Å². The molecular formula is C20H32ClIN6O. The molecule has 1 aromatic heterocycles. The standard InChI is InChI=1S/C20H31ClN6O.HI/c1-2-22-20(24-11-17-13-26-9-4-5-16(26)14-28-17)25-15-7-10-27(12-15)19-18(21)6-3-8-23-19;/h3,6,8,15-17H,2,4-5,7,9-14H2,1H3,(H2,22,24,25);1H. The molecule has 7 nitrogen and oxygen atoms in total. The summed E-state index contributed by atoms with van der Waals surface area (Å²) in [5, 5.41) is 7.66. The van der Waals surface area contributed by atoms with Gasteiger partial charge >= 0.3 is 0 Å². The van der Waals surface area contributed by atoms with Gasteiger partial charge in [-0.25, -0.2) is 4.98 Å². The first-order valence-electron chi connectivity index (χ1n) is 10.5. The van der Waals surface area contributed by atoms with Crippen molar-refractivity contribution in [1.29, 1.82) is 0 Å². The number of fused-ring (bicyclic) bond motifs is 1. The van der Waals surface area contributed by atoms with Crippen LogP contribution in [0.25, 0.3) is 0 Å². The molecular weight excluding hydrogens is 503 g/mol. The number of pyridine rings is 1. The van der Waals surface area contributed by atoms with Crippen LogP contribution in [0.15, 0.2) is 23.3 Å². The van der Waals surface area contributed by atoms with Crippen LogP contribution in [-0.2, 0) is 4.74 Å². The van der Waals surface area contributed by atoms with Crippen LogP contribution in [0.3, 0.4) is 0 Å². The van der Waals surface area contributed by atoms with Crippen LogP contribution in [0.4, 0.5) is 5.82 Å². The number of ether oxygens (including phenoxy) is 1. The normalized spacial score (nSPS) is 27.4. The zero-order valence-electron chi connectivity index (χ0n) is 17.0. The van der Waals surface area contributed by atoms with E-state index in [1.165, 1.54) is 19.4 Å². The van der Waals surface area contributed by atoms with Gasteiger partial charge in [0, 0.05) is 44.5 Å². The number of hydrogen-bond donors (Lipinski definition) is 2. The third-order valence-electron chi connectivity index (χ3n) is 5.83. The maximum atomic E-state index is 6.30. The molecule has 3 aliphatic heterocycles. The molecule has 0 spiro atoms. The second-order valence-corrected chi connectivity index (χ2v) is 8.26. The molecule has 4 rings (SSSR count). The monoisotopic (exact) mass is 534 g/mol. The highest BCUT2D eigenvalue weighted by Gasteiger charge is 2.32. The van der Waals surface area contributed by atoms with Crippen LogP contribution in [-0.4, -0.2) is 79.9 Å². The van der Waals surface area contributed by atoms with E-state index in [0.717, 1.165) is 51.0 Å². The molecule has 3 fully saturated rings. The molecule has 0 saturated carbocycles. The quantitative estimate of drug-likeness (QED) is 0.344. The first-order chi connectivity index (χ1) is 13.7. The molecule has 9 heteroatoms. The molecule has 3 saturated heterocycles. The average Bonchev–Trinajstić information content (AvgIpc) is 3.35. The van der Waals surface area contributed by atoms with Crippen LogP contribution < -0.4 is 15.5 Å². The van der Waals surface area contributed by atoms with Crippen molar-refractivity contribution in [2.45, 2.75) is 44.4 Å². The predicted octanol–water partition coefficient (Wildman–Crippen LogP) is 2.35. The van der Waals surface area contributed by atoms with Crippen LogP contribution in [0.5, 0.6) is 0 Å². The lowest BCUT2D eigenvalue weighted by Crippen LogP contribution is -2.48.